The molecule has 4 aliphatic rings. The first-order chi connectivity index (χ1) is 16.5. The summed E-state index contributed by atoms with van der Waals surface area (Å²) in [5.41, 5.74) is 3.15. The van der Waals surface area contributed by atoms with Gasteiger partial charge in [-0.25, -0.2) is 4.98 Å². The minimum atomic E-state index is -0.0908. The Morgan fingerprint density at radius 2 is 1.94 bits per heavy atom. The van der Waals surface area contributed by atoms with E-state index in [0.717, 1.165) is 65.4 Å². The Bertz CT molecular complexity index is 1210. The molecule has 3 aromatic rings. The molecular weight excluding hydrogens is 444 g/mol. The van der Waals surface area contributed by atoms with Gasteiger partial charge in [-0.15, -0.1) is 0 Å². The summed E-state index contributed by atoms with van der Waals surface area (Å²) in [6.45, 7) is 3.97. The molecule has 3 saturated carbocycles. The van der Waals surface area contributed by atoms with Crippen LogP contribution in [-0.4, -0.2) is 39.8 Å². The number of carbonyl (C=O) groups is 2. The largest absolute Gasteiger partial charge is 0.342 e. The summed E-state index contributed by atoms with van der Waals surface area (Å²) in [5, 5.41) is 0.740. The third-order valence-corrected chi connectivity index (χ3v) is 9.07. The van der Waals surface area contributed by atoms with Crippen molar-refractivity contribution >= 4 is 38.5 Å². The first-order valence-corrected chi connectivity index (χ1v) is 13.3. The lowest BCUT2D eigenvalue weighted by atomic mass is 9.44. The second-order valence-corrected chi connectivity index (χ2v) is 11.3. The number of hydrogen-bond donors (Lipinski definition) is 0. The van der Waals surface area contributed by atoms with E-state index in [0.29, 0.717) is 25.5 Å². The van der Waals surface area contributed by atoms with Gasteiger partial charge >= 0.3 is 0 Å². The molecule has 7 rings (SSSR count). The molecule has 2 amide bonds. The summed E-state index contributed by atoms with van der Waals surface area (Å²) in [6.07, 6.45) is 9.23. The first kappa shape index (κ1) is 21.7. The van der Waals surface area contributed by atoms with Gasteiger partial charge in [0.25, 0.3) is 0 Å². The summed E-state index contributed by atoms with van der Waals surface area (Å²) in [7, 11) is 0. The van der Waals surface area contributed by atoms with Crippen LogP contribution in [0.2, 0.25) is 0 Å². The highest BCUT2D eigenvalue weighted by Gasteiger charge is 2.62. The van der Waals surface area contributed by atoms with Gasteiger partial charge in [-0.1, -0.05) is 30.4 Å². The predicted molar refractivity (Wildman–Crippen MR) is 134 cm³/mol. The number of aryl methyl sites for hydroxylation is 1. The van der Waals surface area contributed by atoms with Crippen LogP contribution in [0.5, 0.6) is 0 Å². The molecule has 3 heterocycles. The van der Waals surface area contributed by atoms with Crippen LogP contribution in [0.1, 0.15) is 50.2 Å². The molecule has 1 aromatic carbocycles. The molecule has 1 saturated heterocycles. The molecule has 0 atom stereocenters. The average molecular weight is 475 g/mol. The quantitative estimate of drug-likeness (QED) is 0.513. The number of carbonyl (C=O) groups excluding carboxylic acids is 2. The summed E-state index contributed by atoms with van der Waals surface area (Å²) in [6, 6.07) is 10.2. The Hall–Kier alpha value is -2.80. The van der Waals surface area contributed by atoms with E-state index in [1.165, 1.54) is 5.56 Å². The zero-order chi connectivity index (χ0) is 23.3. The number of aromatic nitrogens is 2. The number of thiazole rings is 1. The van der Waals surface area contributed by atoms with Crippen molar-refractivity contribution < 1.29 is 9.59 Å². The maximum absolute atomic E-state index is 13.8. The van der Waals surface area contributed by atoms with Gasteiger partial charge in [0, 0.05) is 31.4 Å². The van der Waals surface area contributed by atoms with Gasteiger partial charge in [-0.05, 0) is 73.8 Å². The van der Waals surface area contributed by atoms with Crippen molar-refractivity contribution in [1.29, 1.82) is 0 Å². The molecule has 0 N–H and O–H groups in total. The van der Waals surface area contributed by atoms with Gasteiger partial charge in [0.2, 0.25) is 11.8 Å². The molecule has 6 nitrogen and oxygen atoms in total. The van der Waals surface area contributed by atoms with Crippen LogP contribution in [0.4, 0.5) is 5.13 Å². The highest BCUT2D eigenvalue weighted by molar-refractivity contribution is 7.22. The zero-order valence-corrected chi connectivity index (χ0v) is 20.4. The highest BCUT2D eigenvalue weighted by atomic mass is 32.1. The molecule has 1 aliphatic heterocycles. The van der Waals surface area contributed by atoms with Gasteiger partial charge in [-0.3, -0.25) is 19.5 Å². The second-order valence-electron chi connectivity index (χ2n) is 10.3. The van der Waals surface area contributed by atoms with E-state index in [1.54, 1.807) is 17.5 Å². The van der Waals surface area contributed by atoms with E-state index in [-0.39, 0.29) is 17.2 Å². The number of hydrogen-bond acceptors (Lipinski definition) is 5. The molecule has 34 heavy (non-hydrogen) atoms. The fraction of sp³-hybridized carbons (Fsp3) is 0.481. The number of anilines is 1. The van der Waals surface area contributed by atoms with Crippen LogP contribution in [0, 0.1) is 17.3 Å². The standard InChI is InChI=1S/C27H30N4O2S/c1-2-18-5-6-22-23(12-18)34-26(29-22)31(17-19-4-3-9-28-16-19)24(32)21-7-10-30(11-8-21)25(33)27-13-20(14-27)15-27/h3-6,9,12,16,20-21H,2,7-8,10-11,13-15,17H2,1H3. The molecule has 176 valence electrons. The molecule has 7 heteroatoms. The van der Waals surface area contributed by atoms with Crippen molar-refractivity contribution in [2.45, 2.75) is 52.0 Å². The Labute approximate surface area is 204 Å². The fourth-order valence-electron chi connectivity index (χ4n) is 5.83. The van der Waals surface area contributed by atoms with Crippen LogP contribution in [-0.2, 0) is 22.6 Å². The summed E-state index contributed by atoms with van der Waals surface area (Å²) in [5.74, 6) is 1.15. The third kappa shape index (κ3) is 3.70. The van der Waals surface area contributed by atoms with Crippen molar-refractivity contribution in [1.82, 2.24) is 14.9 Å². The van der Waals surface area contributed by atoms with E-state index in [9.17, 15) is 9.59 Å². The van der Waals surface area contributed by atoms with Crippen molar-refractivity contribution in [2.24, 2.45) is 17.3 Å². The number of pyridine rings is 1. The molecule has 2 bridgehead atoms. The van der Waals surface area contributed by atoms with Crippen molar-refractivity contribution in [3.8, 4) is 0 Å². The molecule has 0 unspecified atom stereocenters. The summed E-state index contributed by atoms with van der Waals surface area (Å²) < 4.78 is 1.11. The molecule has 0 spiro atoms. The summed E-state index contributed by atoms with van der Waals surface area (Å²) in [4.78, 5) is 39.7. The van der Waals surface area contributed by atoms with Crippen LogP contribution in [0.3, 0.4) is 0 Å². The number of fused-ring (bicyclic) bond motifs is 1. The minimum Gasteiger partial charge on any atom is -0.342 e. The number of piperidine rings is 1. The molecule has 2 aromatic heterocycles. The number of benzene rings is 1. The van der Waals surface area contributed by atoms with Gasteiger partial charge in [-0.2, -0.15) is 0 Å². The average Bonchev–Trinajstić information content (AvgIpc) is 3.24. The van der Waals surface area contributed by atoms with E-state index >= 15 is 0 Å². The highest BCUT2D eigenvalue weighted by Crippen LogP contribution is 2.65. The lowest BCUT2D eigenvalue weighted by molar-refractivity contribution is -0.178. The van der Waals surface area contributed by atoms with Crippen LogP contribution < -0.4 is 4.90 Å². The Kier molecular flexibility index (Phi) is 5.40. The normalized spacial score (nSPS) is 23.9. The Morgan fingerprint density at radius 1 is 1.15 bits per heavy atom. The minimum absolute atomic E-state index is 0.0355. The third-order valence-electron chi connectivity index (χ3n) is 8.03. The second kappa shape index (κ2) is 8.45. The molecule has 0 radical (unpaired) electrons. The van der Waals surface area contributed by atoms with E-state index in [4.69, 9.17) is 4.98 Å². The topological polar surface area (TPSA) is 66.4 Å². The monoisotopic (exact) mass is 474 g/mol. The Morgan fingerprint density at radius 3 is 2.59 bits per heavy atom. The number of nitrogens with zero attached hydrogens (tertiary/aromatic N) is 4. The molecule has 4 fully saturated rings. The SMILES string of the molecule is CCc1ccc2nc(N(Cc3cccnc3)C(=O)C3CCN(C(=O)C45CC(C4)C5)CC3)sc2c1. The number of likely N-dealkylation sites (tertiary alicyclic amines) is 1. The van der Waals surface area contributed by atoms with Crippen molar-refractivity contribution in [2.75, 3.05) is 18.0 Å². The maximum Gasteiger partial charge on any atom is 0.232 e. The smallest absolute Gasteiger partial charge is 0.232 e. The summed E-state index contributed by atoms with van der Waals surface area (Å²) >= 11 is 1.58. The zero-order valence-electron chi connectivity index (χ0n) is 19.6. The van der Waals surface area contributed by atoms with Crippen LogP contribution in [0.25, 0.3) is 10.2 Å². The molecule has 3 aliphatic carbocycles. The first-order valence-electron chi connectivity index (χ1n) is 12.4. The Balaban J connectivity index is 1.22. The lowest BCUT2D eigenvalue weighted by Gasteiger charge is -2.61. The van der Waals surface area contributed by atoms with Crippen LogP contribution in [0.15, 0.2) is 42.7 Å². The molecular formula is C27H30N4O2S. The van der Waals surface area contributed by atoms with Gasteiger partial charge in [0.05, 0.1) is 22.2 Å². The van der Waals surface area contributed by atoms with Gasteiger partial charge < -0.3 is 4.90 Å². The van der Waals surface area contributed by atoms with E-state index < -0.39 is 0 Å². The van der Waals surface area contributed by atoms with Crippen molar-refractivity contribution in [3.05, 3.63) is 53.9 Å². The van der Waals surface area contributed by atoms with Gasteiger partial charge in [0.15, 0.2) is 5.13 Å². The fourth-order valence-corrected chi connectivity index (χ4v) is 6.87. The predicted octanol–water partition coefficient (Wildman–Crippen LogP) is 4.83. The maximum atomic E-state index is 13.8. The van der Waals surface area contributed by atoms with Crippen LogP contribution >= 0.6 is 11.3 Å². The van der Waals surface area contributed by atoms with Crippen molar-refractivity contribution in [3.63, 3.8) is 0 Å². The number of rotatable bonds is 6. The van der Waals surface area contributed by atoms with E-state index in [1.807, 2.05) is 28.1 Å². The number of amides is 2. The lowest BCUT2D eigenvalue weighted by Crippen LogP contribution is -2.62. The van der Waals surface area contributed by atoms with Gasteiger partial charge in [0.1, 0.15) is 0 Å². The van der Waals surface area contributed by atoms with E-state index in [2.05, 4.69) is 30.1 Å².